The van der Waals surface area contributed by atoms with Crippen molar-refractivity contribution >= 4 is 12.6 Å². The SMILES string of the molecule is S/C=C\CCCc1ccccc1. The zero-order valence-corrected chi connectivity index (χ0v) is 8.00. The van der Waals surface area contributed by atoms with E-state index in [0.717, 1.165) is 6.42 Å². The molecule has 0 unspecified atom stereocenters. The summed E-state index contributed by atoms with van der Waals surface area (Å²) in [6, 6.07) is 10.6. The molecule has 0 atom stereocenters. The van der Waals surface area contributed by atoms with Crippen molar-refractivity contribution in [3.05, 3.63) is 47.4 Å². The fourth-order valence-corrected chi connectivity index (χ4v) is 1.29. The molecule has 12 heavy (non-hydrogen) atoms. The third-order valence-electron chi connectivity index (χ3n) is 1.78. The average Bonchev–Trinajstić information content (AvgIpc) is 2.14. The van der Waals surface area contributed by atoms with Crippen molar-refractivity contribution in [2.24, 2.45) is 0 Å². The molecule has 0 saturated carbocycles. The van der Waals surface area contributed by atoms with Crippen molar-refractivity contribution in [1.29, 1.82) is 0 Å². The maximum Gasteiger partial charge on any atom is -0.0276 e. The summed E-state index contributed by atoms with van der Waals surface area (Å²) in [6.07, 6.45) is 5.59. The summed E-state index contributed by atoms with van der Waals surface area (Å²) in [5.74, 6) is 0. The molecule has 0 aliphatic heterocycles. The van der Waals surface area contributed by atoms with Gasteiger partial charge >= 0.3 is 0 Å². The third kappa shape index (κ3) is 3.63. The molecule has 64 valence electrons. The number of hydrogen-bond donors (Lipinski definition) is 1. The van der Waals surface area contributed by atoms with E-state index in [2.05, 4.69) is 49.0 Å². The van der Waals surface area contributed by atoms with Crippen LogP contribution < -0.4 is 0 Å². The van der Waals surface area contributed by atoms with E-state index >= 15 is 0 Å². The molecule has 0 heterocycles. The molecule has 0 amide bonds. The van der Waals surface area contributed by atoms with Crippen LogP contribution in [-0.2, 0) is 6.42 Å². The summed E-state index contributed by atoms with van der Waals surface area (Å²) < 4.78 is 0. The first-order valence-electron chi connectivity index (χ1n) is 4.26. The second-order valence-corrected chi connectivity index (χ2v) is 3.06. The number of allylic oxidation sites excluding steroid dienone is 1. The third-order valence-corrected chi connectivity index (χ3v) is 2.00. The van der Waals surface area contributed by atoms with Gasteiger partial charge in [-0.25, -0.2) is 0 Å². The maximum absolute atomic E-state index is 4.00. The van der Waals surface area contributed by atoms with Gasteiger partial charge in [0.2, 0.25) is 0 Å². The van der Waals surface area contributed by atoms with Crippen LogP contribution in [0.2, 0.25) is 0 Å². The molecule has 0 fully saturated rings. The Morgan fingerprint density at radius 2 is 1.92 bits per heavy atom. The molecule has 0 spiro atoms. The van der Waals surface area contributed by atoms with Gasteiger partial charge < -0.3 is 0 Å². The van der Waals surface area contributed by atoms with E-state index in [4.69, 9.17) is 0 Å². The quantitative estimate of drug-likeness (QED) is 0.530. The molecule has 0 aliphatic carbocycles. The first-order chi connectivity index (χ1) is 5.93. The first kappa shape index (κ1) is 9.40. The summed E-state index contributed by atoms with van der Waals surface area (Å²) in [5.41, 5.74) is 1.42. The van der Waals surface area contributed by atoms with Crippen LogP contribution in [0.3, 0.4) is 0 Å². The lowest BCUT2D eigenvalue weighted by Crippen LogP contribution is -1.82. The highest BCUT2D eigenvalue weighted by molar-refractivity contribution is 7.83. The molecule has 1 rings (SSSR count). The van der Waals surface area contributed by atoms with Crippen LogP contribution in [0.1, 0.15) is 18.4 Å². The zero-order chi connectivity index (χ0) is 8.65. The summed E-state index contributed by atoms with van der Waals surface area (Å²) in [7, 11) is 0. The first-order valence-corrected chi connectivity index (χ1v) is 4.78. The van der Waals surface area contributed by atoms with Gasteiger partial charge in [0.1, 0.15) is 0 Å². The lowest BCUT2D eigenvalue weighted by atomic mass is 10.1. The fraction of sp³-hybridized carbons (Fsp3) is 0.273. The van der Waals surface area contributed by atoms with Crippen molar-refractivity contribution in [3.63, 3.8) is 0 Å². The molecule has 0 bridgehead atoms. The van der Waals surface area contributed by atoms with Crippen LogP contribution in [0, 0.1) is 0 Å². The van der Waals surface area contributed by atoms with Crippen LogP contribution >= 0.6 is 12.6 Å². The number of benzene rings is 1. The summed E-state index contributed by atoms with van der Waals surface area (Å²) >= 11 is 4.00. The minimum absolute atomic E-state index is 1.12. The Bertz CT molecular complexity index is 226. The summed E-state index contributed by atoms with van der Waals surface area (Å²) in [5, 5.41) is 1.81. The Hall–Kier alpha value is -0.690. The highest BCUT2D eigenvalue weighted by atomic mass is 32.1. The zero-order valence-electron chi connectivity index (χ0n) is 7.11. The smallest absolute Gasteiger partial charge is 0.0276 e. The molecule has 1 aromatic rings. The minimum atomic E-state index is 1.12. The van der Waals surface area contributed by atoms with Crippen molar-refractivity contribution in [3.8, 4) is 0 Å². The predicted octanol–water partition coefficient (Wildman–Crippen LogP) is 3.45. The van der Waals surface area contributed by atoms with E-state index in [-0.39, 0.29) is 0 Å². The van der Waals surface area contributed by atoms with Crippen LogP contribution in [0.25, 0.3) is 0 Å². The van der Waals surface area contributed by atoms with Gasteiger partial charge in [-0.1, -0.05) is 36.4 Å². The van der Waals surface area contributed by atoms with Crippen LogP contribution in [0.5, 0.6) is 0 Å². The molecule has 0 aromatic heterocycles. The number of rotatable bonds is 4. The van der Waals surface area contributed by atoms with Crippen LogP contribution in [0.4, 0.5) is 0 Å². The largest absolute Gasteiger partial charge is 0.152 e. The Labute approximate surface area is 79.7 Å². The van der Waals surface area contributed by atoms with E-state index in [1.807, 2.05) is 5.41 Å². The van der Waals surface area contributed by atoms with Gasteiger partial charge in [0, 0.05) is 0 Å². The molecule has 0 nitrogen and oxygen atoms in total. The van der Waals surface area contributed by atoms with Crippen molar-refractivity contribution in [2.45, 2.75) is 19.3 Å². The Kier molecular flexibility index (Phi) is 4.62. The van der Waals surface area contributed by atoms with E-state index in [0.29, 0.717) is 0 Å². The van der Waals surface area contributed by atoms with Crippen molar-refractivity contribution in [1.82, 2.24) is 0 Å². The molecule has 0 saturated heterocycles. The number of hydrogen-bond acceptors (Lipinski definition) is 1. The monoisotopic (exact) mass is 178 g/mol. The van der Waals surface area contributed by atoms with E-state index in [9.17, 15) is 0 Å². The van der Waals surface area contributed by atoms with Gasteiger partial charge in [0.15, 0.2) is 0 Å². The van der Waals surface area contributed by atoms with Crippen LogP contribution in [0.15, 0.2) is 41.8 Å². The highest BCUT2D eigenvalue weighted by Gasteiger charge is 1.88. The van der Waals surface area contributed by atoms with Gasteiger partial charge in [0.05, 0.1) is 0 Å². The molecule has 0 radical (unpaired) electrons. The average molecular weight is 178 g/mol. The fourth-order valence-electron chi connectivity index (χ4n) is 1.14. The van der Waals surface area contributed by atoms with Crippen molar-refractivity contribution in [2.75, 3.05) is 0 Å². The maximum atomic E-state index is 4.00. The minimum Gasteiger partial charge on any atom is -0.152 e. The topological polar surface area (TPSA) is 0 Å². The second kappa shape index (κ2) is 5.90. The molecule has 0 N–H and O–H groups in total. The van der Waals surface area contributed by atoms with E-state index in [1.54, 1.807) is 0 Å². The van der Waals surface area contributed by atoms with Gasteiger partial charge in [-0.2, -0.15) is 12.6 Å². The standard InChI is InChI=1S/C11H14S/c12-10-6-2-5-9-11-7-3-1-4-8-11/h1,3-4,6-8,10,12H,2,5,9H2/b10-6-. The van der Waals surface area contributed by atoms with Crippen LogP contribution in [-0.4, -0.2) is 0 Å². The molecule has 0 aliphatic rings. The Morgan fingerprint density at radius 3 is 2.58 bits per heavy atom. The molecular formula is C11H14S. The second-order valence-electron chi connectivity index (χ2n) is 2.76. The van der Waals surface area contributed by atoms with E-state index < -0.39 is 0 Å². The molecule has 1 heteroatoms. The Balaban J connectivity index is 2.24. The van der Waals surface area contributed by atoms with Gasteiger partial charge in [0.25, 0.3) is 0 Å². The summed E-state index contributed by atoms with van der Waals surface area (Å²) in [4.78, 5) is 0. The normalized spacial score (nSPS) is 10.8. The summed E-state index contributed by atoms with van der Waals surface area (Å²) in [6.45, 7) is 0. The van der Waals surface area contributed by atoms with Gasteiger partial charge in [-0.05, 0) is 30.2 Å². The van der Waals surface area contributed by atoms with Crippen molar-refractivity contribution < 1.29 is 0 Å². The highest BCUT2D eigenvalue weighted by Crippen LogP contribution is 2.04. The predicted molar refractivity (Wildman–Crippen MR) is 57.5 cm³/mol. The lowest BCUT2D eigenvalue weighted by Gasteiger charge is -1.97. The number of thiol groups is 1. The molecular weight excluding hydrogens is 164 g/mol. The van der Waals surface area contributed by atoms with Gasteiger partial charge in [-0.15, -0.1) is 0 Å². The lowest BCUT2D eigenvalue weighted by molar-refractivity contribution is 0.844. The Morgan fingerprint density at radius 1 is 1.17 bits per heavy atom. The van der Waals surface area contributed by atoms with Gasteiger partial charge in [-0.3, -0.25) is 0 Å². The van der Waals surface area contributed by atoms with E-state index in [1.165, 1.54) is 18.4 Å². The number of unbranched alkanes of at least 4 members (excludes halogenated alkanes) is 1. The molecule has 1 aromatic carbocycles. The number of aryl methyl sites for hydroxylation is 1.